The summed E-state index contributed by atoms with van der Waals surface area (Å²) in [5.74, 6) is 0.115. The molecule has 110 valence electrons. The molecule has 6 heteroatoms. The Kier molecular flexibility index (Phi) is 4.52. The molecule has 2 aromatic rings. The first kappa shape index (κ1) is 14.9. The Labute approximate surface area is 141 Å². The number of hydrogen-bond donors (Lipinski definition) is 0. The molecule has 1 aliphatic rings. The third-order valence-electron chi connectivity index (χ3n) is 3.54. The number of thiophene rings is 1. The first-order chi connectivity index (χ1) is 10.1. The molecule has 0 aliphatic carbocycles. The van der Waals surface area contributed by atoms with Crippen LogP contribution in [0, 0.1) is 0 Å². The number of nitrogens with zero attached hydrogens (tertiary/aromatic N) is 2. The highest BCUT2D eigenvalue weighted by Gasteiger charge is 2.23. The normalized spacial score (nSPS) is 15.3. The molecule has 1 amide bonds. The summed E-state index contributed by atoms with van der Waals surface area (Å²) in [7, 11) is 0. The lowest BCUT2D eigenvalue weighted by atomic mass is 10.2. The second-order valence-corrected chi connectivity index (χ2v) is 7.70. The second kappa shape index (κ2) is 6.38. The minimum absolute atomic E-state index is 0.115. The molecule has 0 saturated carbocycles. The molecule has 3 rings (SSSR count). The molecule has 0 bridgehead atoms. The molecule has 0 spiro atoms. The summed E-state index contributed by atoms with van der Waals surface area (Å²) in [4.78, 5) is 17.3. The van der Waals surface area contributed by atoms with Crippen molar-refractivity contribution in [3.8, 4) is 0 Å². The first-order valence-electron chi connectivity index (χ1n) is 6.69. The van der Waals surface area contributed by atoms with Crippen molar-refractivity contribution >= 4 is 50.5 Å². The fraction of sp³-hybridized carbons (Fsp3) is 0.267. The number of carbonyl (C=O) groups is 1. The maximum atomic E-state index is 12.4. The summed E-state index contributed by atoms with van der Waals surface area (Å²) < 4.78 is 0.987. The van der Waals surface area contributed by atoms with E-state index in [-0.39, 0.29) is 5.91 Å². The summed E-state index contributed by atoms with van der Waals surface area (Å²) in [6, 6.07) is 11.6. The third kappa shape index (κ3) is 3.25. The number of benzene rings is 1. The maximum Gasteiger partial charge on any atom is 0.264 e. The third-order valence-corrected chi connectivity index (χ3v) is 5.48. The number of piperazine rings is 1. The fourth-order valence-corrected chi connectivity index (χ4v) is 4.05. The number of para-hydroxylation sites is 1. The van der Waals surface area contributed by atoms with Crippen molar-refractivity contribution in [2.24, 2.45) is 0 Å². The van der Waals surface area contributed by atoms with Gasteiger partial charge in [0.15, 0.2) is 0 Å². The largest absolute Gasteiger partial charge is 0.367 e. The number of carbonyl (C=O) groups excluding carboxylic acids is 1. The zero-order chi connectivity index (χ0) is 14.8. The van der Waals surface area contributed by atoms with E-state index < -0.39 is 0 Å². The Morgan fingerprint density at radius 3 is 2.43 bits per heavy atom. The Hall–Kier alpha value is -1.04. The highest BCUT2D eigenvalue weighted by molar-refractivity contribution is 9.11. The molecule has 0 atom stereocenters. The Morgan fingerprint density at radius 2 is 1.81 bits per heavy atom. The smallest absolute Gasteiger partial charge is 0.264 e. The van der Waals surface area contributed by atoms with Gasteiger partial charge in [-0.2, -0.15) is 0 Å². The van der Waals surface area contributed by atoms with Crippen LogP contribution in [0.4, 0.5) is 5.69 Å². The van der Waals surface area contributed by atoms with Crippen molar-refractivity contribution < 1.29 is 4.79 Å². The predicted molar refractivity (Wildman–Crippen MR) is 91.6 cm³/mol. The van der Waals surface area contributed by atoms with E-state index in [0.717, 1.165) is 45.6 Å². The van der Waals surface area contributed by atoms with E-state index in [2.05, 4.69) is 20.8 Å². The Morgan fingerprint density at radius 1 is 1.10 bits per heavy atom. The van der Waals surface area contributed by atoms with Crippen molar-refractivity contribution in [2.75, 3.05) is 31.1 Å². The van der Waals surface area contributed by atoms with E-state index >= 15 is 0 Å². The van der Waals surface area contributed by atoms with Crippen molar-refractivity contribution in [3.63, 3.8) is 0 Å². The molecule has 0 radical (unpaired) electrons. The monoisotopic (exact) mass is 384 g/mol. The zero-order valence-corrected chi connectivity index (χ0v) is 14.4. The highest BCUT2D eigenvalue weighted by atomic mass is 79.9. The van der Waals surface area contributed by atoms with E-state index in [1.165, 1.54) is 11.3 Å². The van der Waals surface area contributed by atoms with Crippen LogP contribution in [-0.4, -0.2) is 37.0 Å². The molecule has 2 heterocycles. The first-order valence-corrected chi connectivity index (χ1v) is 8.68. The molecule has 0 unspecified atom stereocenters. The minimum Gasteiger partial charge on any atom is -0.367 e. The lowest BCUT2D eigenvalue weighted by molar-refractivity contribution is 0.0751. The van der Waals surface area contributed by atoms with Gasteiger partial charge in [-0.15, -0.1) is 11.3 Å². The Balaban J connectivity index is 1.65. The SMILES string of the molecule is O=C(c1ccc(Br)s1)N1CCN(c2ccccc2Cl)CC1. The summed E-state index contributed by atoms with van der Waals surface area (Å²) >= 11 is 11.1. The number of amides is 1. The van der Waals surface area contributed by atoms with E-state index in [0.29, 0.717) is 0 Å². The predicted octanol–water partition coefficient (Wildman–Crippen LogP) is 4.13. The van der Waals surface area contributed by atoms with Crippen LogP contribution in [0.5, 0.6) is 0 Å². The molecule has 3 nitrogen and oxygen atoms in total. The molecule has 1 saturated heterocycles. The van der Waals surface area contributed by atoms with Gasteiger partial charge in [0.25, 0.3) is 5.91 Å². The molecule has 1 aliphatic heterocycles. The van der Waals surface area contributed by atoms with Gasteiger partial charge in [0.05, 0.1) is 19.4 Å². The van der Waals surface area contributed by atoms with Crippen molar-refractivity contribution in [1.29, 1.82) is 0 Å². The summed E-state index contributed by atoms with van der Waals surface area (Å²) in [6.45, 7) is 3.06. The van der Waals surface area contributed by atoms with Crippen LogP contribution in [0.3, 0.4) is 0 Å². The average molecular weight is 386 g/mol. The molecular weight excluding hydrogens is 372 g/mol. The lowest BCUT2D eigenvalue weighted by Crippen LogP contribution is -2.48. The topological polar surface area (TPSA) is 23.6 Å². The number of rotatable bonds is 2. The highest BCUT2D eigenvalue weighted by Crippen LogP contribution is 2.27. The molecule has 1 fully saturated rings. The lowest BCUT2D eigenvalue weighted by Gasteiger charge is -2.36. The second-order valence-electron chi connectivity index (χ2n) is 4.83. The minimum atomic E-state index is 0.115. The van der Waals surface area contributed by atoms with E-state index in [1.54, 1.807) is 0 Å². The average Bonchev–Trinajstić information content (AvgIpc) is 2.94. The summed E-state index contributed by atoms with van der Waals surface area (Å²) in [5.41, 5.74) is 1.05. The van der Waals surface area contributed by atoms with Gasteiger partial charge < -0.3 is 9.80 Å². The van der Waals surface area contributed by atoms with Gasteiger partial charge >= 0.3 is 0 Å². The fourth-order valence-electron chi connectivity index (χ4n) is 2.44. The van der Waals surface area contributed by atoms with Gasteiger partial charge in [0.1, 0.15) is 0 Å². The van der Waals surface area contributed by atoms with Crippen LogP contribution in [0.25, 0.3) is 0 Å². The quantitative estimate of drug-likeness (QED) is 0.776. The van der Waals surface area contributed by atoms with Crippen LogP contribution in [0.15, 0.2) is 40.2 Å². The molecule has 1 aromatic heterocycles. The van der Waals surface area contributed by atoms with Crippen LogP contribution >= 0.6 is 38.9 Å². The van der Waals surface area contributed by atoms with Crippen LogP contribution in [0.2, 0.25) is 5.02 Å². The van der Waals surface area contributed by atoms with Crippen LogP contribution < -0.4 is 4.90 Å². The van der Waals surface area contributed by atoms with E-state index in [4.69, 9.17) is 11.6 Å². The van der Waals surface area contributed by atoms with Gasteiger partial charge in [-0.05, 0) is 40.2 Å². The summed E-state index contributed by atoms with van der Waals surface area (Å²) in [6.07, 6.45) is 0. The number of anilines is 1. The van der Waals surface area contributed by atoms with Crippen molar-refractivity contribution in [2.45, 2.75) is 0 Å². The van der Waals surface area contributed by atoms with Gasteiger partial charge in [-0.3, -0.25) is 4.79 Å². The van der Waals surface area contributed by atoms with E-state index in [1.807, 2.05) is 41.3 Å². The molecular formula is C15H14BrClN2OS. The number of halogens is 2. The van der Waals surface area contributed by atoms with Gasteiger partial charge in [-0.25, -0.2) is 0 Å². The Bertz CT molecular complexity index is 653. The molecule has 0 N–H and O–H groups in total. The van der Waals surface area contributed by atoms with Crippen LogP contribution in [0.1, 0.15) is 9.67 Å². The zero-order valence-electron chi connectivity index (χ0n) is 11.3. The molecule has 1 aromatic carbocycles. The van der Waals surface area contributed by atoms with Crippen molar-refractivity contribution in [3.05, 3.63) is 50.1 Å². The summed E-state index contributed by atoms with van der Waals surface area (Å²) in [5, 5.41) is 0.763. The van der Waals surface area contributed by atoms with E-state index in [9.17, 15) is 4.79 Å². The van der Waals surface area contributed by atoms with Gasteiger partial charge in [-0.1, -0.05) is 23.7 Å². The maximum absolute atomic E-state index is 12.4. The standard InChI is InChI=1S/C15H14BrClN2OS/c16-14-6-5-13(21-14)15(20)19-9-7-18(8-10-19)12-4-2-1-3-11(12)17/h1-6H,7-10H2. The van der Waals surface area contributed by atoms with Crippen LogP contribution in [-0.2, 0) is 0 Å². The van der Waals surface area contributed by atoms with Gasteiger partial charge in [0, 0.05) is 26.2 Å². The molecule has 21 heavy (non-hydrogen) atoms. The van der Waals surface area contributed by atoms with Crippen molar-refractivity contribution in [1.82, 2.24) is 4.90 Å². The van der Waals surface area contributed by atoms with Gasteiger partial charge in [0.2, 0.25) is 0 Å². The number of hydrogen-bond acceptors (Lipinski definition) is 3.